The second-order valence-corrected chi connectivity index (χ2v) is 5.43. The normalized spacial score (nSPS) is 14.6. The lowest BCUT2D eigenvalue weighted by Crippen LogP contribution is -2.37. The molecule has 1 unspecified atom stereocenters. The van der Waals surface area contributed by atoms with Crippen LogP contribution in [-0.4, -0.2) is 40.6 Å². The van der Waals surface area contributed by atoms with Crippen molar-refractivity contribution in [1.82, 2.24) is 5.32 Å². The number of amides is 1. The molecule has 4 N–H and O–H groups in total. The standard InChI is InChI=1S/C10H20N2O3S/c1-6(2)4-12-9(13)7(3)16-5-8(11)10(14)15/h6-8H,4-5,11H2,1-3H3,(H,12,13)(H,14,15)/t7?,8-/m0/s1. The van der Waals surface area contributed by atoms with Gasteiger partial charge >= 0.3 is 5.97 Å². The van der Waals surface area contributed by atoms with Gasteiger partial charge in [-0.2, -0.15) is 0 Å². The van der Waals surface area contributed by atoms with Crippen molar-refractivity contribution < 1.29 is 14.7 Å². The molecule has 0 radical (unpaired) electrons. The molecule has 5 nitrogen and oxygen atoms in total. The van der Waals surface area contributed by atoms with Crippen molar-refractivity contribution in [2.24, 2.45) is 11.7 Å². The van der Waals surface area contributed by atoms with Crippen molar-refractivity contribution >= 4 is 23.6 Å². The summed E-state index contributed by atoms with van der Waals surface area (Å²) in [5.41, 5.74) is 5.34. The minimum absolute atomic E-state index is 0.0729. The van der Waals surface area contributed by atoms with Gasteiger partial charge < -0.3 is 16.2 Å². The van der Waals surface area contributed by atoms with Gasteiger partial charge in [-0.05, 0) is 12.8 Å². The molecular weight excluding hydrogens is 228 g/mol. The highest BCUT2D eigenvalue weighted by atomic mass is 32.2. The molecule has 0 aliphatic rings. The summed E-state index contributed by atoms with van der Waals surface area (Å²) in [7, 11) is 0. The second kappa shape index (κ2) is 7.51. The number of thioether (sulfide) groups is 1. The molecule has 6 heteroatoms. The van der Waals surface area contributed by atoms with Crippen LogP contribution >= 0.6 is 11.8 Å². The Balaban J connectivity index is 3.83. The molecule has 0 aromatic heterocycles. The molecule has 0 fully saturated rings. The third-order valence-electron chi connectivity index (χ3n) is 1.90. The number of carboxylic acids is 1. The van der Waals surface area contributed by atoms with Crippen LogP contribution in [0.25, 0.3) is 0 Å². The lowest BCUT2D eigenvalue weighted by Gasteiger charge is -2.14. The van der Waals surface area contributed by atoms with E-state index in [0.29, 0.717) is 12.5 Å². The van der Waals surface area contributed by atoms with Crippen LogP contribution in [-0.2, 0) is 9.59 Å². The minimum Gasteiger partial charge on any atom is -0.480 e. The van der Waals surface area contributed by atoms with E-state index in [1.54, 1.807) is 6.92 Å². The van der Waals surface area contributed by atoms with E-state index in [4.69, 9.17) is 10.8 Å². The molecule has 0 aliphatic carbocycles. The summed E-state index contributed by atoms with van der Waals surface area (Å²) in [5, 5.41) is 11.1. The van der Waals surface area contributed by atoms with Gasteiger partial charge in [-0.1, -0.05) is 13.8 Å². The summed E-state index contributed by atoms with van der Waals surface area (Å²) in [5.74, 6) is -0.466. The van der Waals surface area contributed by atoms with Crippen LogP contribution in [0.2, 0.25) is 0 Å². The first-order valence-electron chi connectivity index (χ1n) is 5.22. The Morgan fingerprint density at radius 2 is 1.94 bits per heavy atom. The van der Waals surface area contributed by atoms with Crippen molar-refractivity contribution in [3.8, 4) is 0 Å². The fourth-order valence-corrected chi connectivity index (χ4v) is 1.72. The van der Waals surface area contributed by atoms with Crippen LogP contribution in [0.3, 0.4) is 0 Å². The Morgan fingerprint density at radius 3 is 2.38 bits per heavy atom. The Morgan fingerprint density at radius 1 is 1.38 bits per heavy atom. The van der Waals surface area contributed by atoms with Crippen molar-refractivity contribution in [3.63, 3.8) is 0 Å². The first-order valence-corrected chi connectivity index (χ1v) is 6.27. The molecule has 0 spiro atoms. The van der Waals surface area contributed by atoms with E-state index in [1.807, 2.05) is 13.8 Å². The predicted molar refractivity (Wildman–Crippen MR) is 65.4 cm³/mol. The summed E-state index contributed by atoms with van der Waals surface area (Å²) in [6.07, 6.45) is 0. The molecule has 94 valence electrons. The molecule has 0 saturated carbocycles. The fraction of sp³-hybridized carbons (Fsp3) is 0.800. The number of nitrogens with one attached hydrogen (secondary N) is 1. The molecule has 0 aromatic carbocycles. The van der Waals surface area contributed by atoms with Crippen LogP contribution in [0.15, 0.2) is 0 Å². The lowest BCUT2D eigenvalue weighted by atomic mass is 10.2. The number of carboxylic acid groups (broad SMARTS) is 1. The molecule has 0 bridgehead atoms. The fourth-order valence-electron chi connectivity index (χ4n) is 0.843. The average Bonchev–Trinajstić information content (AvgIpc) is 2.21. The number of hydrogen-bond donors (Lipinski definition) is 3. The van der Waals surface area contributed by atoms with Gasteiger partial charge in [0.2, 0.25) is 5.91 Å². The highest BCUT2D eigenvalue weighted by Gasteiger charge is 2.17. The van der Waals surface area contributed by atoms with Gasteiger partial charge in [-0.25, -0.2) is 0 Å². The summed E-state index contributed by atoms with van der Waals surface area (Å²) < 4.78 is 0. The van der Waals surface area contributed by atoms with E-state index in [9.17, 15) is 9.59 Å². The van der Waals surface area contributed by atoms with Crippen LogP contribution in [0.4, 0.5) is 0 Å². The van der Waals surface area contributed by atoms with Crippen LogP contribution in [0, 0.1) is 5.92 Å². The van der Waals surface area contributed by atoms with Gasteiger partial charge in [-0.15, -0.1) is 11.8 Å². The Kier molecular flexibility index (Phi) is 7.16. The van der Waals surface area contributed by atoms with Crippen LogP contribution in [0.5, 0.6) is 0 Å². The third kappa shape index (κ3) is 6.68. The molecule has 0 saturated heterocycles. The van der Waals surface area contributed by atoms with E-state index in [-0.39, 0.29) is 16.9 Å². The van der Waals surface area contributed by atoms with E-state index in [2.05, 4.69) is 5.32 Å². The smallest absolute Gasteiger partial charge is 0.321 e. The van der Waals surface area contributed by atoms with Crippen LogP contribution < -0.4 is 11.1 Å². The Labute approximate surface area is 100 Å². The first-order chi connectivity index (χ1) is 7.34. The molecule has 0 heterocycles. The van der Waals surface area contributed by atoms with Crippen LogP contribution in [0.1, 0.15) is 20.8 Å². The van der Waals surface area contributed by atoms with Crippen molar-refractivity contribution in [3.05, 3.63) is 0 Å². The van der Waals surface area contributed by atoms with E-state index in [1.165, 1.54) is 11.8 Å². The quantitative estimate of drug-likeness (QED) is 0.602. The topological polar surface area (TPSA) is 92.4 Å². The van der Waals surface area contributed by atoms with Gasteiger partial charge in [0, 0.05) is 12.3 Å². The average molecular weight is 248 g/mol. The largest absolute Gasteiger partial charge is 0.480 e. The maximum Gasteiger partial charge on any atom is 0.321 e. The summed E-state index contributed by atoms with van der Waals surface area (Å²) in [6, 6.07) is -0.912. The second-order valence-electron chi connectivity index (χ2n) is 4.06. The van der Waals surface area contributed by atoms with Gasteiger partial charge in [-0.3, -0.25) is 9.59 Å². The van der Waals surface area contributed by atoms with E-state index in [0.717, 1.165) is 0 Å². The van der Waals surface area contributed by atoms with Gasteiger partial charge in [0.05, 0.1) is 5.25 Å². The number of hydrogen-bond acceptors (Lipinski definition) is 4. The summed E-state index contributed by atoms with van der Waals surface area (Å²) in [6.45, 7) is 6.40. The van der Waals surface area contributed by atoms with Gasteiger partial charge in [0.1, 0.15) is 6.04 Å². The monoisotopic (exact) mass is 248 g/mol. The predicted octanol–water partition coefficient (Wildman–Crippen LogP) is 0.292. The number of carbonyl (C=O) groups excluding carboxylic acids is 1. The minimum atomic E-state index is -1.04. The highest BCUT2D eigenvalue weighted by Crippen LogP contribution is 2.11. The summed E-state index contributed by atoms with van der Waals surface area (Å²) in [4.78, 5) is 22.0. The first kappa shape index (κ1) is 15.2. The lowest BCUT2D eigenvalue weighted by molar-refractivity contribution is -0.138. The maximum atomic E-state index is 11.5. The third-order valence-corrected chi connectivity index (χ3v) is 3.16. The zero-order valence-corrected chi connectivity index (χ0v) is 10.7. The zero-order chi connectivity index (χ0) is 12.7. The van der Waals surface area contributed by atoms with Crippen molar-refractivity contribution in [2.75, 3.05) is 12.3 Å². The van der Waals surface area contributed by atoms with E-state index >= 15 is 0 Å². The molecule has 0 aliphatic heterocycles. The molecular formula is C10H20N2O3S. The molecule has 0 rings (SSSR count). The summed E-state index contributed by atoms with van der Waals surface area (Å²) >= 11 is 1.25. The zero-order valence-electron chi connectivity index (χ0n) is 9.90. The Hall–Kier alpha value is -0.750. The number of carbonyl (C=O) groups is 2. The number of aliphatic carboxylic acids is 1. The van der Waals surface area contributed by atoms with Gasteiger partial charge in [0.25, 0.3) is 0 Å². The number of rotatable bonds is 7. The SMILES string of the molecule is CC(C)CNC(=O)C(C)SC[C@H](N)C(=O)O. The molecule has 1 amide bonds. The molecule has 0 aromatic rings. The highest BCUT2D eigenvalue weighted by molar-refractivity contribution is 8.00. The maximum absolute atomic E-state index is 11.5. The van der Waals surface area contributed by atoms with Gasteiger partial charge in [0.15, 0.2) is 0 Å². The number of nitrogens with two attached hydrogens (primary N) is 1. The molecule has 16 heavy (non-hydrogen) atoms. The van der Waals surface area contributed by atoms with E-state index < -0.39 is 12.0 Å². The Bertz CT molecular complexity index is 246. The molecule has 2 atom stereocenters. The van der Waals surface area contributed by atoms with Crippen molar-refractivity contribution in [1.29, 1.82) is 0 Å². The van der Waals surface area contributed by atoms with Crippen molar-refractivity contribution in [2.45, 2.75) is 32.1 Å².